The minimum Gasteiger partial charge on any atom is -0.482 e. The molecule has 124 valence electrons. The highest BCUT2D eigenvalue weighted by Gasteiger charge is 2.25. The van der Waals surface area contributed by atoms with Gasteiger partial charge in [0.15, 0.2) is 6.61 Å². The standard InChI is InChI=1S/C19H20N2O3/c1-2-18(22)20-15-8-9-17-16(12-15)21(19(23)13-24-17)11-10-14-6-4-3-5-7-14/h3-9,12H,2,10-11,13H2,1H3,(H,20,22). The van der Waals surface area contributed by atoms with E-state index in [9.17, 15) is 9.59 Å². The molecule has 1 N–H and O–H groups in total. The van der Waals surface area contributed by atoms with Crippen molar-refractivity contribution >= 4 is 23.2 Å². The van der Waals surface area contributed by atoms with Crippen LogP contribution in [-0.2, 0) is 16.0 Å². The number of carbonyl (C=O) groups excluding carboxylic acids is 2. The van der Waals surface area contributed by atoms with Gasteiger partial charge in [0, 0.05) is 18.7 Å². The third-order valence-corrected chi connectivity index (χ3v) is 3.97. The number of carbonyl (C=O) groups is 2. The molecule has 1 aliphatic heterocycles. The lowest BCUT2D eigenvalue weighted by atomic mass is 10.1. The summed E-state index contributed by atoms with van der Waals surface area (Å²) >= 11 is 0. The van der Waals surface area contributed by atoms with Gasteiger partial charge in [-0.1, -0.05) is 37.3 Å². The molecule has 0 atom stereocenters. The van der Waals surface area contributed by atoms with Gasteiger partial charge in [0.05, 0.1) is 5.69 Å². The zero-order valence-corrected chi connectivity index (χ0v) is 13.6. The van der Waals surface area contributed by atoms with Crippen molar-refractivity contribution in [2.75, 3.05) is 23.4 Å². The van der Waals surface area contributed by atoms with Crippen molar-refractivity contribution in [3.8, 4) is 5.75 Å². The van der Waals surface area contributed by atoms with Crippen molar-refractivity contribution in [1.29, 1.82) is 0 Å². The van der Waals surface area contributed by atoms with Gasteiger partial charge >= 0.3 is 0 Å². The highest BCUT2D eigenvalue weighted by molar-refractivity contribution is 5.99. The van der Waals surface area contributed by atoms with Crippen LogP contribution in [0.2, 0.25) is 0 Å². The van der Waals surface area contributed by atoms with Crippen molar-refractivity contribution in [2.24, 2.45) is 0 Å². The zero-order valence-electron chi connectivity index (χ0n) is 13.6. The molecular weight excluding hydrogens is 304 g/mol. The fourth-order valence-electron chi connectivity index (χ4n) is 2.66. The monoisotopic (exact) mass is 324 g/mol. The van der Waals surface area contributed by atoms with E-state index in [0.29, 0.717) is 30.1 Å². The van der Waals surface area contributed by atoms with Gasteiger partial charge in [-0.05, 0) is 30.2 Å². The molecule has 5 nitrogen and oxygen atoms in total. The van der Waals surface area contributed by atoms with Gasteiger partial charge in [0.25, 0.3) is 5.91 Å². The Morgan fingerprint density at radius 3 is 2.75 bits per heavy atom. The summed E-state index contributed by atoms with van der Waals surface area (Å²) < 4.78 is 5.50. The molecule has 2 aromatic rings. The summed E-state index contributed by atoms with van der Waals surface area (Å²) in [5.74, 6) is 0.531. The van der Waals surface area contributed by atoms with Crippen molar-refractivity contribution in [3.05, 3.63) is 54.1 Å². The Kier molecular flexibility index (Phi) is 4.79. The molecule has 0 fully saturated rings. The van der Waals surface area contributed by atoms with Gasteiger partial charge in [-0.25, -0.2) is 0 Å². The number of nitrogens with zero attached hydrogens (tertiary/aromatic N) is 1. The third kappa shape index (κ3) is 3.56. The molecule has 0 aromatic heterocycles. The van der Waals surface area contributed by atoms with E-state index >= 15 is 0 Å². The fourth-order valence-corrected chi connectivity index (χ4v) is 2.66. The SMILES string of the molecule is CCC(=O)Nc1ccc2c(c1)N(CCc1ccccc1)C(=O)CO2. The Morgan fingerprint density at radius 1 is 1.21 bits per heavy atom. The lowest BCUT2D eigenvalue weighted by Crippen LogP contribution is -2.40. The van der Waals surface area contributed by atoms with Crippen molar-refractivity contribution < 1.29 is 14.3 Å². The van der Waals surface area contributed by atoms with E-state index < -0.39 is 0 Å². The van der Waals surface area contributed by atoms with Gasteiger partial charge in [-0.15, -0.1) is 0 Å². The predicted octanol–water partition coefficient (Wildman–Crippen LogP) is 3.00. The molecule has 5 heteroatoms. The van der Waals surface area contributed by atoms with Crippen LogP contribution in [0.4, 0.5) is 11.4 Å². The zero-order chi connectivity index (χ0) is 16.9. The first-order chi connectivity index (χ1) is 11.7. The summed E-state index contributed by atoms with van der Waals surface area (Å²) in [6.07, 6.45) is 1.17. The maximum atomic E-state index is 12.3. The normalized spacial score (nSPS) is 13.2. The molecule has 0 saturated carbocycles. The first kappa shape index (κ1) is 16.1. The summed E-state index contributed by atoms with van der Waals surface area (Å²) in [6.45, 7) is 2.42. The number of benzene rings is 2. The molecule has 2 amide bonds. The highest BCUT2D eigenvalue weighted by atomic mass is 16.5. The quantitative estimate of drug-likeness (QED) is 0.920. The predicted molar refractivity (Wildman–Crippen MR) is 93.4 cm³/mol. The topological polar surface area (TPSA) is 58.6 Å². The van der Waals surface area contributed by atoms with Crippen molar-refractivity contribution in [2.45, 2.75) is 19.8 Å². The third-order valence-electron chi connectivity index (χ3n) is 3.97. The van der Waals surface area contributed by atoms with Crippen LogP contribution in [0.15, 0.2) is 48.5 Å². The lowest BCUT2D eigenvalue weighted by Gasteiger charge is -2.30. The summed E-state index contributed by atoms with van der Waals surface area (Å²) in [5.41, 5.74) is 2.55. The van der Waals surface area contributed by atoms with Crippen LogP contribution in [0, 0.1) is 0 Å². The molecule has 1 aliphatic rings. The Balaban J connectivity index is 1.81. The molecule has 3 rings (SSSR count). The number of ether oxygens (including phenoxy) is 1. The molecule has 1 heterocycles. The summed E-state index contributed by atoms with van der Waals surface area (Å²) in [6, 6.07) is 15.4. The number of nitrogens with one attached hydrogen (secondary N) is 1. The Morgan fingerprint density at radius 2 is 2.00 bits per heavy atom. The van der Waals surface area contributed by atoms with E-state index in [1.807, 2.05) is 30.3 Å². The van der Waals surface area contributed by atoms with Crippen molar-refractivity contribution in [3.63, 3.8) is 0 Å². The minimum atomic E-state index is -0.0719. The molecule has 0 unspecified atom stereocenters. The maximum absolute atomic E-state index is 12.3. The Bertz CT molecular complexity index is 744. The maximum Gasteiger partial charge on any atom is 0.265 e. The van der Waals surface area contributed by atoms with Crippen LogP contribution in [-0.4, -0.2) is 25.0 Å². The van der Waals surface area contributed by atoms with E-state index in [2.05, 4.69) is 5.32 Å². The van der Waals surface area contributed by atoms with Crippen LogP contribution < -0.4 is 15.0 Å². The molecule has 0 bridgehead atoms. The molecular formula is C19H20N2O3. The van der Waals surface area contributed by atoms with Gasteiger partial charge in [0.1, 0.15) is 5.75 Å². The fraction of sp³-hybridized carbons (Fsp3) is 0.263. The van der Waals surface area contributed by atoms with Crippen LogP contribution >= 0.6 is 0 Å². The molecule has 0 spiro atoms. The van der Waals surface area contributed by atoms with Gasteiger partial charge in [-0.2, -0.15) is 0 Å². The van der Waals surface area contributed by atoms with E-state index in [1.54, 1.807) is 30.0 Å². The minimum absolute atomic E-state index is 0.0441. The summed E-state index contributed by atoms with van der Waals surface area (Å²) in [4.78, 5) is 25.6. The molecule has 2 aromatic carbocycles. The van der Waals surface area contributed by atoms with Gasteiger partial charge in [-0.3, -0.25) is 9.59 Å². The molecule has 0 saturated heterocycles. The number of rotatable bonds is 5. The lowest BCUT2D eigenvalue weighted by molar-refractivity contribution is -0.121. The van der Waals surface area contributed by atoms with E-state index in [4.69, 9.17) is 4.74 Å². The Labute approximate surface area is 141 Å². The second-order valence-corrected chi connectivity index (χ2v) is 5.65. The smallest absolute Gasteiger partial charge is 0.265 e. The second kappa shape index (κ2) is 7.17. The number of hydrogen-bond acceptors (Lipinski definition) is 3. The van der Waals surface area contributed by atoms with Crippen LogP contribution in [0.1, 0.15) is 18.9 Å². The number of anilines is 2. The van der Waals surface area contributed by atoms with E-state index in [1.165, 1.54) is 5.56 Å². The first-order valence-corrected chi connectivity index (χ1v) is 8.08. The van der Waals surface area contributed by atoms with E-state index in [-0.39, 0.29) is 18.4 Å². The second-order valence-electron chi connectivity index (χ2n) is 5.65. The summed E-state index contributed by atoms with van der Waals surface area (Å²) in [5, 5.41) is 2.82. The van der Waals surface area contributed by atoms with Crippen LogP contribution in [0.5, 0.6) is 5.75 Å². The average Bonchev–Trinajstić information content (AvgIpc) is 2.61. The number of fused-ring (bicyclic) bond motifs is 1. The van der Waals surface area contributed by atoms with Crippen LogP contribution in [0.3, 0.4) is 0 Å². The van der Waals surface area contributed by atoms with Gasteiger partial charge < -0.3 is 15.0 Å². The number of amides is 2. The molecule has 0 aliphatic carbocycles. The largest absolute Gasteiger partial charge is 0.482 e. The van der Waals surface area contributed by atoms with Crippen molar-refractivity contribution in [1.82, 2.24) is 0 Å². The summed E-state index contributed by atoms with van der Waals surface area (Å²) in [7, 11) is 0. The highest BCUT2D eigenvalue weighted by Crippen LogP contribution is 2.34. The first-order valence-electron chi connectivity index (χ1n) is 8.08. The van der Waals surface area contributed by atoms with Gasteiger partial charge in [0.2, 0.25) is 5.91 Å². The Hall–Kier alpha value is -2.82. The average molecular weight is 324 g/mol. The number of hydrogen-bond donors (Lipinski definition) is 1. The molecule has 0 radical (unpaired) electrons. The van der Waals surface area contributed by atoms with E-state index in [0.717, 1.165) is 6.42 Å². The molecule has 24 heavy (non-hydrogen) atoms. The van der Waals surface area contributed by atoms with Crippen LogP contribution in [0.25, 0.3) is 0 Å².